The number of imide groups is 1. The summed E-state index contributed by atoms with van der Waals surface area (Å²) in [5, 5.41) is 3.22. The predicted octanol–water partition coefficient (Wildman–Crippen LogP) is 4.74. The van der Waals surface area contributed by atoms with E-state index in [2.05, 4.69) is 19.2 Å². The first-order valence-electron chi connectivity index (χ1n) is 10.5. The van der Waals surface area contributed by atoms with Crippen molar-refractivity contribution in [2.24, 2.45) is 0 Å². The highest BCUT2D eigenvalue weighted by atomic mass is 16.5. The third kappa shape index (κ3) is 4.79. The van der Waals surface area contributed by atoms with Gasteiger partial charge in [0.1, 0.15) is 5.70 Å². The first-order valence-corrected chi connectivity index (χ1v) is 10.5. The number of anilines is 1. The summed E-state index contributed by atoms with van der Waals surface area (Å²) < 4.78 is 5.36. The van der Waals surface area contributed by atoms with Crippen LogP contribution in [0.5, 0.6) is 0 Å². The van der Waals surface area contributed by atoms with Gasteiger partial charge in [-0.2, -0.15) is 0 Å². The summed E-state index contributed by atoms with van der Waals surface area (Å²) in [5.41, 5.74) is 4.61. The molecule has 2 aromatic carbocycles. The van der Waals surface area contributed by atoms with Crippen molar-refractivity contribution in [3.8, 4) is 0 Å². The molecule has 0 aromatic heterocycles. The topological polar surface area (TPSA) is 58.6 Å². The number of aryl methyl sites for hydroxylation is 1. The molecule has 2 amide bonds. The quantitative estimate of drug-likeness (QED) is 0.483. The van der Waals surface area contributed by atoms with Gasteiger partial charge >= 0.3 is 0 Å². The number of nitrogens with zero attached hydrogens (tertiary/aromatic N) is 1. The zero-order chi connectivity index (χ0) is 21.7. The summed E-state index contributed by atoms with van der Waals surface area (Å²) in [6.07, 6.45) is 0.614. The Balaban J connectivity index is 1.91. The van der Waals surface area contributed by atoms with Crippen molar-refractivity contribution in [1.29, 1.82) is 0 Å². The Morgan fingerprint density at radius 2 is 1.63 bits per heavy atom. The Kier molecular flexibility index (Phi) is 7.06. The smallest absolute Gasteiger partial charge is 0.278 e. The molecule has 0 spiro atoms. The van der Waals surface area contributed by atoms with E-state index in [9.17, 15) is 9.59 Å². The average molecular weight is 407 g/mol. The van der Waals surface area contributed by atoms with Crippen molar-refractivity contribution in [2.45, 2.75) is 40.0 Å². The van der Waals surface area contributed by atoms with Gasteiger partial charge in [-0.05, 0) is 49.4 Å². The molecule has 0 aliphatic carbocycles. The summed E-state index contributed by atoms with van der Waals surface area (Å²) in [6.45, 7) is 9.68. The van der Waals surface area contributed by atoms with Gasteiger partial charge in [-0.1, -0.05) is 55.8 Å². The van der Waals surface area contributed by atoms with E-state index in [4.69, 9.17) is 4.74 Å². The Morgan fingerprint density at radius 1 is 0.967 bits per heavy atom. The molecule has 1 N–H and O–H groups in total. The van der Waals surface area contributed by atoms with Crippen molar-refractivity contribution in [3.05, 3.63) is 70.9 Å². The van der Waals surface area contributed by atoms with Gasteiger partial charge in [0.05, 0.1) is 5.57 Å². The van der Waals surface area contributed by atoms with Crippen LogP contribution in [0.2, 0.25) is 0 Å². The second kappa shape index (κ2) is 9.72. The summed E-state index contributed by atoms with van der Waals surface area (Å²) in [6, 6.07) is 15.7. The Bertz CT molecular complexity index is 928. The molecule has 0 unspecified atom stereocenters. The lowest BCUT2D eigenvalue weighted by molar-refractivity contribution is -0.137. The van der Waals surface area contributed by atoms with Gasteiger partial charge in [0.2, 0.25) is 0 Å². The van der Waals surface area contributed by atoms with Crippen LogP contribution >= 0.6 is 0 Å². The number of rotatable bonds is 9. The van der Waals surface area contributed by atoms with E-state index >= 15 is 0 Å². The molecule has 30 heavy (non-hydrogen) atoms. The molecule has 158 valence electrons. The van der Waals surface area contributed by atoms with E-state index in [0.717, 1.165) is 16.8 Å². The van der Waals surface area contributed by atoms with E-state index in [-0.39, 0.29) is 11.8 Å². The van der Waals surface area contributed by atoms with Gasteiger partial charge in [0.15, 0.2) is 0 Å². The predicted molar refractivity (Wildman–Crippen MR) is 120 cm³/mol. The molecule has 5 heteroatoms. The van der Waals surface area contributed by atoms with Crippen LogP contribution in [-0.2, 0) is 14.3 Å². The average Bonchev–Trinajstić information content (AvgIpc) is 2.96. The number of carbonyl (C=O) groups excluding carboxylic acids is 2. The maximum atomic E-state index is 13.2. The molecule has 1 aliphatic heterocycles. The lowest BCUT2D eigenvalue weighted by atomic mass is 10.0. The highest BCUT2D eigenvalue weighted by molar-refractivity contribution is 6.36. The Morgan fingerprint density at radius 3 is 2.23 bits per heavy atom. The first kappa shape index (κ1) is 21.8. The summed E-state index contributed by atoms with van der Waals surface area (Å²) in [5.74, 6) is -0.126. The summed E-state index contributed by atoms with van der Waals surface area (Å²) in [7, 11) is 0. The minimum atomic E-state index is -0.292. The van der Waals surface area contributed by atoms with Crippen LogP contribution in [0, 0.1) is 6.92 Å². The van der Waals surface area contributed by atoms with Crippen LogP contribution in [0.3, 0.4) is 0 Å². The van der Waals surface area contributed by atoms with Gasteiger partial charge in [-0.3, -0.25) is 14.5 Å². The fraction of sp³-hybridized carbons (Fsp3) is 0.360. The molecular weight excluding hydrogens is 376 g/mol. The van der Waals surface area contributed by atoms with Crippen molar-refractivity contribution in [1.82, 2.24) is 4.90 Å². The van der Waals surface area contributed by atoms with Crippen molar-refractivity contribution in [3.63, 3.8) is 0 Å². The van der Waals surface area contributed by atoms with Gasteiger partial charge in [0, 0.05) is 25.4 Å². The SMILES string of the molecule is CCOCCCN1C(=O)C(Nc2ccc(C(C)C)cc2)=C(c2ccc(C)cc2)C1=O. The van der Waals surface area contributed by atoms with Crippen LogP contribution in [0.1, 0.15) is 49.8 Å². The molecule has 1 heterocycles. The number of hydrogen-bond acceptors (Lipinski definition) is 4. The van der Waals surface area contributed by atoms with E-state index in [1.807, 2.05) is 62.4 Å². The van der Waals surface area contributed by atoms with Crippen LogP contribution in [-0.4, -0.2) is 36.5 Å². The maximum Gasteiger partial charge on any atom is 0.278 e. The normalized spacial score (nSPS) is 14.2. The monoisotopic (exact) mass is 406 g/mol. The van der Waals surface area contributed by atoms with Crippen molar-refractivity contribution in [2.75, 3.05) is 25.1 Å². The van der Waals surface area contributed by atoms with E-state index in [0.29, 0.717) is 43.4 Å². The van der Waals surface area contributed by atoms with Crippen LogP contribution in [0.15, 0.2) is 54.2 Å². The number of nitrogens with one attached hydrogen (secondary N) is 1. The van der Waals surface area contributed by atoms with Gasteiger partial charge in [-0.25, -0.2) is 0 Å². The summed E-state index contributed by atoms with van der Waals surface area (Å²) >= 11 is 0. The first-order chi connectivity index (χ1) is 14.4. The van der Waals surface area contributed by atoms with Crippen LogP contribution < -0.4 is 5.32 Å². The third-order valence-electron chi connectivity index (χ3n) is 5.23. The molecule has 0 saturated carbocycles. The van der Waals surface area contributed by atoms with Gasteiger partial charge in [0.25, 0.3) is 11.8 Å². The highest BCUT2D eigenvalue weighted by Gasteiger charge is 2.38. The van der Waals surface area contributed by atoms with Crippen LogP contribution in [0.4, 0.5) is 5.69 Å². The van der Waals surface area contributed by atoms with Crippen molar-refractivity contribution >= 4 is 23.1 Å². The lowest BCUT2D eigenvalue weighted by Gasteiger charge is -2.15. The molecule has 3 rings (SSSR count). The number of hydrogen-bond donors (Lipinski definition) is 1. The number of amides is 2. The van der Waals surface area contributed by atoms with E-state index < -0.39 is 0 Å². The largest absolute Gasteiger partial charge is 0.382 e. The fourth-order valence-electron chi connectivity index (χ4n) is 3.45. The zero-order valence-corrected chi connectivity index (χ0v) is 18.2. The van der Waals surface area contributed by atoms with E-state index in [1.54, 1.807) is 0 Å². The molecule has 1 aliphatic rings. The standard InChI is InChI=1S/C25H30N2O3/c1-5-30-16-6-15-27-24(28)22(20-9-7-18(4)8-10-20)23(25(27)29)26-21-13-11-19(12-14-21)17(2)3/h7-14,17,26H,5-6,15-16H2,1-4H3. The molecule has 0 bridgehead atoms. The molecule has 0 atom stereocenters. The van der Waals surface area contributed by atoms with Crippen LogP contribution in [0.25, 0.3) is 5.57 Å². The maximum absolute atomic E-state index is 13.2. The van der Waals surface area contributed by atoms with Gasteiger partial charge < -0.3 is 10.1 Å². The van der Waals surface area contributed by atoms with E-state index in [1.165, 1.54) is 10.5 Å². The second-order valence-corrected chi connectivity index (χ2v) is 7.83. The lowest BCUT2D eigenvalue weighted by Crippen LogP contribution is -2.34. The number of carbonyl (C=O) groups is 2. The Hall–Kier alpha value is -2.92. The van der Waals surface area contributed by atoms with Gasteiger partial charge in [-0.15, -0.1) is 0 Å². The minimum absolute atomic E-state index is 0.262. The minimum Gasteiger partial charge on any atom is -0.382 e. The Labute approximate surface area is 178 Å². The molecule has 0 fully saturated rings. The summed E-state index contributed by atoms with van der Waals surface area (Å²) in [4.78, 5) is 27.6. The van der Waals surface area contributed by atoms with Crippen molar-refractivity contribution < 1.29 is 14.3 Å². The molecule has 0 saturated heterocycles. The molecule has 2 aromatic rings. The third-order valence-corrected chi connectivity index (χ3v) is 5.23. The second-order valence-electron chi connectivity index (χ2n) is 7.83. The highest BCUT2D eigenvalue weighted by Crippen LogP contribution is 2.31. The fourth-order valence-corrected chi connectivity index (χ4v) is 3.45. The molecule has 0 radical (unpaired) electrons. The zero-order valence-electron chi connectivity index (χ0n) is 18.2. The molecule has 5 nitrogen and oxygen atoms in total. The number of ether oxygens (including phenoxy) is 1. The molecular formula is C25H30N2O3. The number of benzene rings is 2.